The minimum Gasteiger partial charge on any atom is -0.508 e. The van der Waals surface area contributed by atoms with Crippen LogP contribution in [0.5, 0.6) is 11.5 Å². The second kappa shape index (κ2) is 5.54. The Morgan fingerprint density at radius 3 is 2.88 bits per heavy atom. The third-order valence-electron chi connectivity index (χ3n) is 2.74. The summed E-state index contributed by atoms with van der Waals surface area (Å²) >= 11 is 0. The smallest absolute Gasteiger partial charge is 0.260 e. The molecule has 1 aromatic rings. The Bertz CT molecular complexity index is 389. The zero-order chi connectivity index (χ0) is 12.1. The summed E-state index contributed by atoms with van der Waals surface area (Å²) in [5, 5.41) is 11.4. The highest BCUT2D eigenvalue weighted by molar-refractivity contribution is 5.77. The fraction of sp³-hybridized carbons (Fsp3) is 0.417. The minimum atomic E-state index is 0.00134. The van der Waals surface area contributed by atoms with E-state index >= 15 is 0 Å². The number of piperazine rings is 1. The number of ether oxygens (including phenoxy) is 1. The molecular formula is C12H17N2O3+. The molecule has 1 amide bonds. The molecule has 1 aliphatic heterocycles. The topological polar surface area (TPSA) is 66.4 Å². The van der Waals surface area contributed by atoms with Gasteiger partial charge in [0.1, 0.15) is 11.5 Å². The molecule has 2 rings (SSSR count). The number of nitrogens with two attached hydrogens (primary N) is 1. The first kappa shape index (κ1) is 11.7. The van der Waals surface area contributed by atoms with Gasteiger partial charge in [-0.3, -0.25) is 4.79 Å². The quantitative estimate of drug-likeness (QED) is 0.721. The Kier molecular flexibility index (Phi) is 3.82. The number of benzene rings is 1. The van der Waals surface area contributed by atoms with Crippen molar-refractivity contribution >= 4 is 5.91 Å². The Morgan fingerprint density at radius 2 is 2.18 bits per heavy atom. The summed E-state index contributed by atoms with van der Waals surface area (Å²) in [4.78, 5) is 13.6. The van der Waals surface area contributed by atoms with Crippen LogP contribution in [0.15, 0.2) is 24.3 Å². The number of hydrogen-bond acceptors (Lipinski definition) is 3. The Hall–Kier alpha value is -1.75. The highest BCUT2D eigenvalue weighted by Crippen LogP contribution is 2.17. The first-order valence-electron chi connectivity index (χ1n) is 5.77. The van der Waals surface area contributed by atoms with Gasteiger partial charge in [0, 0.05) is 6.07 Å². The molecule has 0 spiro atoms. The van der Waals surface area contributed by atoms with Gasteiger partial charge in [-0.2, -0.15) is 0 Å². The van der Waals surface area contributed by atoms with Gasteiger partial charge in [0.2, 0.25) is 0 Å². The van der Waals surface area contributed by atoms with Crippen LogP contribution in [0.4, 0.5) is 0 Å². The Balaban J connectivity index is 1.83. The summed E-state index contributed by atoms with van der Waals surface area (Å²) in [6.45, 7) is 3.50. The van der Waals surface area contributed by atoms with E-state index in [1.807, 2.05) is 4.90 Å². The van der Waals surface area contributed by atoms with Crippen LogP contribution in [-0.4, -0.2) is 48.7 Å². The van der Waals surface area contributed by atoms with Crippen molar-refractivity contribution in [1.29, 1.82) is 0 Å². The molecule has 5 heteroatoms. The van der Waals surface area contributed by atoms with Gasteiger partial charge in [-0.15, -0.1) is 0 Å². The van der Waals surface area contributed by atoms with E-state index < -0.39 is 0 Å². The molecule has 5 nitrogen and oxygen atoms in total. The lowest BCUT2D eigenvalue weighted by Gasteiger charge is -2.25. The summed E-state index contributed by atoms with van der Waals surface area (Å²) < 4.78 is 5.34. The van der Waals surface area contributed by atoms with Gasteiger partial charge in [-0.1, -0.05) is 6.07 Å². The maximum atomic E-state index is 11.8. The van der Waals surface area contributed by atoms with Crippen molar-refractivity contribution < 1.29 is 20.0 Å². The molecule has 0 saturated carbocycles. The summed E-state index contributed by atoms with van der Waals surface area (Å²) in [6.07, 6.45) is 0. The zero-order valence-electron chi connectivity index (χ0n) is 9.63. The van der Waals surface area contributed by atoms with Gasteiger partial charge < -0.3 is 20.1 Å². The highest BCUT2D eigenvalue weighted by Gasteiger charge is 2.18. The fourth-order valence-corrected chi connectivity index (χ4v) is 1.81. The van der Waals surface area contributed by atoms with Crippen molar-refractivity contribution in [1.82, 2.24) is 4.90 Å². The van der Waals surface area contributed by atoms with Crippen molar-refractivity contribution in [3.63, 3.8) is 0 Å². The second-order valence-electron chi connectivity index (χ2n) is 4.03. The molecule has 3 N–H and O–H groups in total. The van der Waals surface area contributed by atoms with Crippen LogP contribution in [-0.2, 0) is 4.79 Å². The third-order valence-corrected chi connectivity index (χ3v) is 2.74. The number of carbonyl (C=O) groups excluding carboxylic acids is 1. The lowest BCUT2D eigenvalue weighted by molar-refractivity contribution is -0.662. The summed E-state index contributed by atoms with van der Waals surface area (Å²) in [6, 6.07) is 6.47. The van der Waals surface area contributed by atoms with E-state index in [1.54, 1.807) is 18.2 Å². The molecule has 1 heterocycles. The summed E-state index contributed by atoms with van der Waals surface area (Å²) in [5.41, 5.74) is 0. The van der Waals surface area contributed by atoms with Crippen molar-refractivity contribution in [3.05, 3.63) is 24.3 Å². The maximum absolute atomic E-state index is 11.8. The highest BCUT2D eigenvalue weighted by atomic mass is 16.5. The normalized spacial score (nSPS) is 15.6. The fourth-order valence-electron chi connectivity index (χ4n) is 1.81. The summed E-state index contributed by atoms with van der Waals surface area (Å²) in [7, 11) is 0. The standard InChI is InChI=1S/C12H16N2O3/c15-10-2-1-3-11(8-10)17-9-12(16)14-6-4-13-5-7-14/h1-3,8,13,15H,4-7,9H2/p+1. The molecule has 1 fully saturated rings. The van der Waals surface area contributed by atoms with E-state index in [-0.39, 0.29) is 18.3 Å². The van der Waals surface area contributed by atoms with E-state index in [9.17, 15) is 9.90 Å². The van der Waals surface area contributed by atoms with Crippen molar-refractivity contribution in [3.8, 4) is 11.5 Å². The largest absolute Gasteiger partial charge is 0.508 e. The molecule has 1 saturated heterocycles. The third kappa shape index (κ3) is 3.35. The predicted molar refractivity (Wildman–Crippen MR) is 61.8 cm³/mol. The van der Waals surface area contributed by atoms with Gasteiger partial charge in [0.25, 0.3) is 5.91 Å². The number of phenolic OH excluding ortho intramolecular Hbond substituents is 1. The first-order valence-corrected chi connectivity index (χ1v) is 5.77. The predicted octanol–water partition coefficient (Wildman–Crippen LogP) is -0.823. The molecule has 0 atom stereocenters. The number of aromatic hydroxyl groups is 1. The maximum Gasteiger partial charge on any atom is 0.260 e. The monoisotopic (exact) mass is 237 g/mol. The average molecular weight is 237 g/mol. The zero-order valence-corrected chi connectivity index (χ0v) is 9.63. The number of phenols is 1. The average Bonchev–Trinajstić information content (AvgIpc) is 2.37. The van der Waals surface area contributed by atoms with Crippen LogP contribution >= 0.6 is 0 Å². The Morgan fingerprint density at radius 1 is 1.41 bits per heavy atom. The summed E-state index contributed by atoms with van der Waals surface area (Å²) in [5.74, 6) is 0.658. The molecule has 92 valence electrons. The van der Waals surface area contributed by atoms with E-state index in [4.69, 9.17) is 4.74 Å². The molecule has 0 unspecified atom stereocenters. The SMILES string of the molecule is O=C(COc1cccc(O)c1)N1CC[NH2+]CC1. The molecule has 1 aromatic carbocycles. The number of nitrogens with zero attached hydrogens (tertiary/aromatic N) is 1. The minimum absolute atomic E-state index is 0.00134. The lowest BCUT2D eigenvalue weighted by Crippen LogP contribution is -2.90. The van der Waals surface area contributed by atoms with Crippen LogP contribution in [0.3, 0.4) is 0 Å². The second-order valence-corrected chi connectivity index (χ2v) is 4.03. The molecule has 0 bridgehead atoms. The van der Waals surface area contributed by atoms with Crippen LogP contribution in [0.2, 0.25) is 0 Å². The van der Waals surface area contributed by atoms with E-state index in [2.05, 4.69) is 5.32 Å². The van der Waals surface area contributed by atoms with Crippen molar-refractivity contribution in [2.75, 3.05) is 32.8 Å². The van der Waals surface area contributed by atoms with Crippen LogP contribution < -0.4 is 10.1 Å². The van der Waals surface area contributed by atoms with E-state index in [0.29, 0.717) is 5.75 Å². The number of carbonyl (C=O) groups is 1. The van der Waals surface area contributed by atoms with E-state index in [1.165, 1.54) is 6.07 Å². The molecule has 0 radical (unpaired) electrons. The molecular weight excluding hydrogens is 220 g/mol. The van der Waals surface area contributed by atoms with Gasteiger partial charge in [0.15, 0.2) is 6.61 Å². The lowest BCUT2D eigenvalue weighted by atomic mass is 10.3. The van der Waals surface area contributed by atoms with Crippen LogP contribution in [0.25, 0.3) is 0 Å². The first-order chi connectivity index (χ1) is 8.25. The van der Waals surface area contributed by atoms with Crippen molar-refractivity contribution in [2.24, 2.45) is 0 Å². The number of amides is 1. The number of quaternary nitrogens is 1. The molecule has 17 heavy (non-hydrogen) atoms. The van der Waals surface area contributed by atoms with Crippen molar-refractivity contribution in [2.45, 2.75) is 0 Å². The van der Waals surface area contributed by atoms with Gasteiger partial charge in [-0.05, 0) is 12.1 Å². The van der Waals surface area contributed by atoms with Crippen LogP contribution in [0, 0.1) is 0 Å². The molecule has 1 aliphatic rings. The van der Waals surface area contributed by atoms with Gasteiger partial charge in [0.05, 0.1) is 26.2 Å². The van der Waals surface area contributed by atoms with Crippen LogP contribution in [0.1, 0.15) is 0 Å². The number of rotatable bonds is 3. The van der Waals surface area contributed by atoms with E-state index in [0.717, 1.165) is 26.2 Å². The molecule has 0 aromatic heterocycles. The number of hydrogen-bond donors (Lipinski definition) is 2. The molecule has 0 aliphatic carbocycles. The van der Waals surface area contributed by atoms with Gasteiger partial charge in [-0.25, -0.2) is 0 Å². The Labute approximate surface area is 100.0 Å². The van der Waals surface area contributed by atoms with Gasteiger partial charge >= 0.3 is 0 Å².